The third-order valence-electron chi connectivity index (χ3n) is 6.41. The predicted molar refractivity (Wildman–Crippen MR) is 137 cm³/mol. The summed E-state index contributed by atoms with van der Waals surface area (Å²) in [4.78, 5) is 12.0. The van der Waals surface area contributed by atoms with E-state index in [1.807, 2.05) is 0 Å². The van der Waals surface area contributed by atoms with Crippen LogP contribution < -0.4 is 0 Å². The van der Waals surface area contributed by atoms with Gasteiger partial charge in [-0.25, -0.2) is 0 Å². The summed E-state index contributed by atoms with van der Waals surface area (Å²) in [7, 11) is 0. The summed E-state index contributed by atoms with van der Waals surface area (Å²) < 4.78 is 5.48. The van der Waals surface area contributed by atoms with Crippen molar-refractivity contribution in [3.63, 3.8) is 0 Å². The van der Waals surface area contributed by atoms with E-state index in [1.54, 1.807) is 0 Å². The lowest BCUT2D eigenvalue weighted by Crippen LogP contribution is -2.14. The fourth-order valence-corrected chi connectivity index (χ4v) is 4.27. The normalized spacial score (nSPS) is 12.2. The van der Waals surface area contributed by atoms with Crippen molar-refractivity contribution in [1.29, 1.82) is 0 Å². The van der Waals surface area contributed by atoms with Crippen molar-refractivity contribution in [3.05, 3.63) is 6.92 Å². The van der Waals surface area contributed by atoms with Crippen LogP contribution in [0, 0.1) is 6.92 Å². The van der Waals surface area contributed by atoms with Crippen LogP contribution in [-0.2, 0) is 9.53 Å². The van der Waals surface area contributed by atoms with Gasteiger partial charge in [0.1, 0.15) is 6.10 Å². The molecule has 0 heterocycles. The summed E-state index contributed by atoms with van der Waals surface area (Å²) in [6.07, 6.45) is 30.5. The fraction of sp³-hybridized carbons (Fsp3) is 0.931. The Morgan fingerprint density at radius 2 is 0.871 bits per heavy atom. The Labute approximate surface area is 196 Å². The maximum absolute atomic E-state index is 12.0. The minimum Gasteiger partial charge on any atom is -0.462 e. The molecule has 0 aromatic rings. The lowest BCUT2D eigenvalue weighted by molar-refractivity contribution is -0.147. The standard InChI is InChI=1S/C29H57O2/c1-4-6-8-10-12-14-16-18-20-22-24-26-28(3)31-29(30)27-25-23-21-19-17-15-13-11-9-7-5-2/h28H,3-27H2,1-2H3. The Balaban J connectivity index is 3.30. The van der Waals surface area contributed by atoms with E-state index >= 15 is 0 Å². The van der Waals surface area contributed by atoms with Crippen molar-refractivity contribution in [1.82, 2.24) is 0 Å². The number of esters is 1. The van der Waals surface area contributed by atoms with Crippen LogP contribution in [0.1, 0.15) is 168 Å². The molecular weight excluding hydrogens is 380 g/mol. The minimum absolute atomic E-state index is 0.0426. The van der Waals surface area contributed by atoms with Gasteiger partial charge in [-0.15, -0.1) is 0 Å². The predicted octanol–water partition coefficient (Wildman–Crippen LogP) is 10.1. The average molecular weight is 438 g/mol. The number of carbonyl (C=O) groups excluding carboxylic acids is 1. The minimum atomic E-state index is -0.154. The van der Waals surface area contributed by atoms with Crippen LogP contribution in [0.3, 0.4) is 0 Å². The molecule has 31 heavy (non-hydrogen) atoms. The second-order valence-electron chi connectivity index (χ2n) is 9.72. The first-order valence-corrected chi connectivity index (χ1v) is 14.2. The quantitative estimate of drug-likeness (QED) is 0.105. The molecule has 0 saturated carbocycles. The second-order valence-corrected chi connectivity index (χ2v) is 9.72. The largest absolute Gasteiger partial charge is 0.462 e. The number of carbonyl (C=O) groups is 1. The van der Waals surface area contributed by atoms with Crippen molar-refractivity contribution < 1.29 is 9.53 Å². The molecule has 0 spiro atoms. The zero-order valence-corrected chi connectivity index (χ0v) is 21.6. The van der Waals surface area contributed by atoms with E-state index in [9.17, 15) is 4.79 Å². The second kappa shape index (κ2) is 25.7. The Hall–Kier alpha value is -0.530. The number of ether oxygens (including phenoxy) is 1. The molecule has 0 amide bonds. The van der Waals surface area contributed by atoms with Crippen LogP contribution in [0.15, 0.2) is 0 Å². The van der Waals surface area contributed by atoms with Crippen LogP contribution in [0.4, 0.5) is 0 Å². The molecule has 185 valence electrons. The first kappa shape index (κ1) is 30.5. The molecule has 0 aromatic carbocycles. The molecule has 0 rings (SSSR count). The summed E-state index contributed by atoms with van der Waals surface area (Å²) in [6, 6.07) is 0. The molecule has 1 radical (unpaired) electrons. The van der Waals surface area contributed by atoms with Gasteiger partial charge < -0.3 is 4.74 Å². The maximum Gasteiger partial charge on any atom is 0.306 e. The Morgan fingerprint density at radius 3 is 1.26 bits per heavy atom. The van der Waals surface area contributed by atoms with Crippen LogP contribution >= 0.6 is 0 Å². The Kier molecular flexibility index (Phi) is 25.3. The number of rotatable bonds is 25. The third kappa shape index (κ3) is 25.6. The highest BCUT2D eigenvalue weighted by atomic mass is 16.5. The molecular formula is C29H57O2. The molecule has 1 unspecified atom stereocenters. The summed E-state index contributed by atoms with van der Waals surface area (Å²) >= 11 is 0. The van der Waals surface area contributed by atoms with E-state index in [2.05, 4.69) is 20.8 Å². The average Bonchev–Trinajstić information content (AvgIpc) is 2.75. The van der Waals surface area contributed by atoms with Gasteiger partial charge in [-0.2, -0.15) is 0 Å². The molecule has 0 bridgehead atoms. The van der Waals surface area contributed by atoms with E-state index in [4.69, 9.17) is 4.74 Å². The molecule has 2 heteroatoms. The lowest BCUT2D eigenvalue weighted by Gasteiger charge is -2.13. The SMILES string of the molecule is [CH2]C(CCCCCCCCCCCCC)OC(=O)CCCCCCCCCCCCC. The molecule has 0 aliphatic heterocycles. The zero-order chi connectivity index (χ0) is 22.8. The number of hydrogen-bond acceptors (Lipinski definition) is 2. The van der Waals surface area contributed by atoms with Gasteiger partial charge in [-0.05, 0) is 26.2 Å². The highest BCUT2D eigenvalue weighted by molar-refractivity contribution is 5.69. The summed E-state index contributed by atoms with van der Waals surface area (Å²) in [6.45, 7) is 8.57. The van der Waals surface area contributed by atoms with Gasteiger partial charge in [-0.1, -0.05) is 142 Å². The van der Waals surface area contributed by atoms with E-state index in [0.29, 0.717) is 6.42 Å². The summed E-state index contributed by atoms with van der Waals surface area (Å²) in [5, 5.41) is 0. The summed E-state index contributed by atoms with van der Waals surface area (Å²) in [5.41, 5.74) is 0. The van der Waals surface area contributed by atoms with Crippen molar-refractivity contribution in [2.24, 2.45) is 0 Å². The molecule has 2 nitrogen and oxygen atoms in total. The number of unbranched alkanes of at least 4 members (excludes halogenated alkanes) is 20. The first-order valence-electron chi connectivity index (χ1n) is 14.2. The maximum atomic E-state index is 12.0. The molecule has 0 aromatic heterocycles. The van der Waals surface area contributed by atoms with Crippen molar-refractivity contribution >= 4 is 5.97 Å². The van der Waals surface area contributed by atoms with E-state index in [-0.39, 0.29) is 12.1 Å². The van der Waals surface area contributed by atoms with Gasteiger partial charge in [0.2, 0.25) is 0 Å². The van der Waals surface area contributed by atoms with Gasteiger partial charge >= 0.3 is 5.97 Å². The van der Waals surface area contributed by atoms with Crippen LogP contribution in [0.5, 0.6) is 0 Å². The van der Waals surface area contributed by atoms with Crippen LogP contribution in [0.2, 0.25) is 0 Å². The molecule has 0 aliphatic carbocycles. The van der Waals surface area contributed by atoms with E-state index in [1.165, 1.54) is 122 Å². The lowest BCUT2D eigenvalue weighted by atomic mass is 10.0. The first-order chi connectivity index (χ1) is 15.2. The summed E-state index contributed by atoms with van der Waals surface area (Å²) in [5.74, 6) is -0.0426. The Morgan fingerprint density at radius 1 is 0.548 bits per heavy atom. The highest BCUT2D eigenvalue weighted by Crippen LogP contribution is 2.15. The number of hydrogen-bond donors (Lipinski definition) is 0. The van der Waals surface area contributed by atoms with Crippen molar-refractivity contribution in [2.75, 3.05) is 0 Å². The monoisotopic (exact) mass is 437 g/mol. The highest BCUT2D eigenvalue weighted by Gasteiger charge is 2.09. The zero-order valence-electron chi connectivity index (χ0n) is 21.6. The van der Waals surface area contributed by atoms with E-state index in [0.717, 1.165) is 25.7 Å². The van der Waals surface area contributed by atoms with Gasteiger partial charge in [0.15, 0.2) is 0 Å². The Bertz CT molecular complexity index is 353. The topological polar surface area (TPSA) is 26.3 Å². The van der Waals surface area contributed by atoms with Crippen molar-refractivity contribution in [2.45, 2.75) is 174 Å². The molecule has 1 atom stereocenters. The van der Waals surface area contributed by atoms with Gasteiger partial charge in [-0.3, -0.25) is 4.79 Å². The molecule has 0 saturated heterocycles. The van der Waals surface area contributed by atoms with Crippen molar-refractivity contribution in [3.8, 4) is 0 Å². The van der Waals surface area contributed by atoms with Gasteiger partial charge in [0.05, 0.1) is 0 Å². The third-order valence-corrected chi connectivity index (χ3v) is 6.41. The fourth-order valence-electron chi connectivity index (χ4n) is 4.27. The van der Waals surface area contributed by atoms with Crippen LogP contribution in [0.25, 0.3) is 0 Å². The van der Waals surface area contributed by atoms with Gasteiger partial charge in [0.25, 0.3) is 0 Å². The van der Waals surface area contributed by atoms with Gasteiger partial charge in [0, 0.05) is 6.42 Å². The molecule has 0 fully saturated rings. The van der Waals surface area contributed by atoms with Crippen LogP contribution in [-0.4, -0.2) is 12.1 Å². The smallest absolute Gasteiger partial charge is 0.306 e. The molecule has 0 N–H and O–H groups in total. The van der Waals surface area contributed by atoms with E-state index < -0.39 is 0 Å². The molecule has 0 aliphatic rings.